The van der Waals surface area contributed by atoms with E-state index in [0.717, 1.165) is 12.0 Å². The smallest absolute Gasteiger partial charge is 0.324 e. The molecule has 0 saturated heterocycles. The van der Waals surface area contributed by atoms with Crippen LogP contribution in [0.25, 0.3) is 0 Å². The number of carboxylic acids is 1. The minimum atomic E-state index is -1.64. The lowest BCUT2D eigenvalue weighted by molar-refractivity contribution is -0.144. The number of aryl methyl sites for hydroxylation is 1. The molecular weight excluding hydrogens is 321 g/mol. The largest absolute Gasteiger partial charge is 0.480 e. The Kier molecular flexibility index (Phi) is 4.27. The predicted octanol–water partition coefficient (Wildman–Crippen LogP) is 3.68. The number of hydrogen-bond acceptors (Lipinski definition) is 2. The number of aliphatic carboxylic acids is 1. The molecule has 0 bridgehead atoms. The van der Waals surface area contributed by atoms with Crippen molar-refractivity contribution in [3.63, 3.8) is 0 Å². The summed E-state index contributed by atoms with van der Waals surface area (Å²) in [5, 5.41) is 10.2. The number of aromatic nitrogens is 1. The van der Waals surface area contributed by atoms with Crippen LogP contribution < -0.4 is 0 Å². The first-order chi connectivity index (χ1) is 11.8. The summed E-state index contributed by atoms with van der Waals surface area (Å²) in [6, 6.07) is 6.95. The summed E-state index contributed by atoms with van der Waals surface area (Å²) in [4.78, 5) is 25.9. The summed E-state index contributed by atoms with van der Waals surface area (Å²) >= 11 is 0. The highest BCUT2D eigenvalue weighted by Crippen LogP contribution is 2.47. The Morgan fingerprint density at radius 2 is 1.96 bits per heavy atom. The van der Waals surface area contributed by atoms with Crippen molar-refractivity contribution < 1.29 is 19.1 Å². The van der Waals surface area contributed by atoms with Crippen molar-refractivity contribution in [3.8, 4) is 0 Å². The first-order valence-corrected chi connectivity index (χ1v) is 8.55. The molecule has 2 unspecified atom stereocenters. The van der Waals surface area contributed by atoms with Crippen LogP contribution in [0.15, 0.2) is 36.5 Å². The fourth-order valence-electron chi connectivity index (χ4n) is 3.98. The highest BCUT2D eigenvalue weighted by molar-refractivity contribution is 6.17. The van der Waals surface area contributed by atoms with Crippen molar-refractivity contribution in [1.29, 1.82) is 0 Å². The van der Waals surface area contributed by atoms with Crippen molar-refractivity contribution in [1.82, 2.24) is 4.57 Å². The summed E-state index contributed by atoms with van der Waals surface area (Å²) in [6.07, 6.45) is 2.71. The number of benzene rings is 1. The van der Waals surface area contributed by atoms with Gasteiger partial charge in [0.15, 0.2) is 11.2 Å². The highest BCUT2D eigenvalue weighted by atomic mass is 19.1. The molecule has 1 N–H and O–H groups in total. The molecule has 0 aliphatic carbocycles. The van der Waals surface area contributed by atoms with E-state index < -0.39 is 23.0 Å². The maximum Gasteiger partial charge on any atom is 0.324 e. The second kappa shape index (κ2) is 6.14. The van der Waals surface area contributed by atoms with Crippen LogP contribution in [0.5, 0.6) is 0 Å². The number of Topliss-reactive ketones (excluding diaryl/α,β-unsaturated/α-hetero) is 1. The summed E-state index contributed by atoms with van der Waals surface area (Å²) in [5.41, 5.74) is 0.126. The van der Waals surface area contributed by atoms with E-state index in [-0.39, 0.29) is 17.4 Å². The minimum absolute atomic E-state index is 0.00507. The molecule has 1 aliphatic heterocycles. The number of carbonyl (C=O) groups excluding carboxylic acids is 1. The summed E-state index contributed by atoms with van der Waals surface area (Å²) in [6.45, 7) is 6.36. The van der Waals surface area contributed by atoms with E-state index in [1.807, 2.05) is 37.6 Å². The van der Waals surface area contributed by atoms with E-state index in [2.05, 4.69) is 0 Å². The van der Waals surface area contributed by atoms with Crippen molar-refractivity contribution >= 4 is 11.8 Å². The number of nitrogens with zero attached hydrogens (tertiary/aromatic N) is 1. The van der Waals surface area contributed by atoms with Gasteiger partial charge in [0, 0.05) is 29.9 Å². The van der Waals surface area contributed by atoms with Crippen molar-refractivity contribution in [3.05, 3.63) is 59.2 Å². The van der Waals surface area contributed by atoms with E-state index >= 15 is 0 Å². The van der Waals surface area contributed by atoms with Gasteiger partial charge in [-0.1, -0.05) is 20.8 Å². The number of carbonyl (C=O) groups is 2. The first-order valence-electron chi connectivity index (χ1n) is 8.55. The molecule has 1 aliphatic rings. The Morgan fingerprint density at radius 1 is 1.32 bits per heavy atom. The summed E-state index contributed by atoms with van der Waals surface area (Å²) in [7, 11) is 0. The van der Waals surface area contributed by atoms with Gasteiger partial charge in [-0.3, -0.25) is 9.59 Å². The second-order valence-corrected chi connectivity index (χ2v) is 7.04. The second-order valence-electron chi connectivity index (χ2n) is 7.04. The monoisotopic (exact) mass is 343 g/mol. The quantitative estimate of drug-likeness (QED) is 0.665. The van der Waals surface area contributed by atoms with Crippen LogP contribution >= 0.6 is 0 Å². The molecule has 132 valence electrons. The van der Waals surface area contributed by atoms with Crippen LogP contribution in [0.3, 0.4) is 0 Å². The molecule has 3 rings (SSSR count). The third kappa shape index (κ3) is 2.49. The standard InChI is InChI=1S/C20H22FNO3/c1-4-13-9-17-20(19(24)25,16(12(2)3)11-22(17)10-13)18(23)14-5-7-15(21)8-6-14/h5-10,12,16H,4,11H2,1-3H3,(H,24,25). The SMILES string of the molecule is CCc1cc2n(c1)CC(C(C)C)C2(C(=O)O)C(=O)c1ccc(F)cc1. The molecule has 0 saturated carbocycles. The Hall–Kier alpha value is -2.43. The van der Waals surface area contributed by atoms with E-state index in [1.165, 1.54) is 24.3 Å². The molecule has 1 aromatic carbocycles. The molecule has 0 radical (unpaired) electrons. The number of ketones is 1. The highest BCUT2D eigenvalue weighted by Gasteiger charge is 2.59. The van der Waals surface area contributed by atoms with E-state index in [1.54, 1.807) is 0 Å². The molecule has 0 amide bonds. The van der Waals surface area contributed by atoms with Gasteiger partial charge < -0.3 is 9.67 Å². The lowest BCUT2D eigenvalue weighted by atomic mass is 9.66. The van der Waals surface area contributed by atoms with Crippen molar-refractivity contribution in [2.24, 2.45) is 11.8 Å². The zero-order valence-corrected chi connectivity index (χ0v) is 14.6. The van der Waals surface area contributed by atoms with Gasteiger partial charge >= 0.3 is 5.97 Å². The lowest BCUT2D eigenvalue weighted by Crippen LogP contribution is -2.49. The minimum Gasteiger partial charge on any atom is -0.480 e. The number of halogens is 1. The van der Waals surface area contributed by atoms with Crippen LogP contribution in [0.4, 0.5) is 4.39 Å². The molecule has 1 aromatic heterocycles. The molecule has 2 atom stereocenters. The van der Waals surface area contributed by atoms with Crippen LogP contribution in [0, 0.1) is 17.7 Å². The Morgan fingerprint density at radius 3 is 2.48 bits per heavy atom. The third-order valence-electron chi connectivity index (χ3n) is 5.32. The lowest BCUT2D eigenvalue weighted by Gasteiger charge is -2.32. The van der Waals surface area contributed by atoms with Crippen LogP contribution in [-0.2, 0) is 23.2 Å². The van der Waals surface area contributed by atoms with Gasteiger partial charge in [-0.05, 0) is 48.2 Å². The van der Waals surface area contributed by atoms with Crippen molar-refractivity contribution in [2.75, 3.05) is 0 Å². The number of fused-ring (bicyclic) bond motifs is 1. The fraction of sp³-hybridized carbons (Fsp3) is 0.400. The van der Waals surface area contributed by atoms with Crippen LogP contribution in [0.2, 0.25) is 0 Å². The molecule has 2 heterocycles. The zero-order valence-electron chi connectivity index (χ0n) is 14.6. The molecular formula is C20H22FNO3. The Bertz CT molecular complexity index is 822. The van der Waals surface area contributed by atoms with Crippen molar-refractivity contribution in [2.45, 2.75) is 39.2 Å². The molecule has 0 fully saturated rings. The molecule has 5 heteroatoms. The fourth-order valence-corrected chi connectivity index (χ4v) is 3.98. The molecule has 4 nitrogen and oxygen atoms in total. The average Bonchev–Trinajstić information content (AvgIpc) is 3.10. The van der Waals surface area contributed by atoms with Gasteiger partial charge in [0.25, 0.3) is 0 Å². The van der Waals surface area contributed by atoms with Gasteiger partial charge in [-0.2, -0.15) is 0 Å². The molecule has 25 heavy (non-hydrogen) atoms. The van der Waals surface area contributed by atoms with Gasteiger partial charge in [0.05, 0.1) is 0 Å². The summed E-state index contributed by atoms with van der Waals surface area (Å²) < 4.78 is 15.1. The van der Waals surface area contributed by atoms with Gasteiger partial charge in [-0.25, -0.2) is 4.39 Å². The topological polar surface area (TPSA) is 59.3 Å². The summed E-state index contributed by atoms with van der Waals surface area (Å²) in [5.74, 6) is -2.42. The van der Waals surface area contributed by atoms with Gasteiger partial charge in [0.1, 0.15) is 5.82 Å². The van der Waals surface area contributed by atoms with Crippen LogP contribution in [-0.4, -0.2) is 21.4 Å². The predicted molar refractivity (Wildman–Crippen MR) is 92.2 cm³/mol. The number of hydrogen-bond donors (Lipinski definition) is 1. The first kappa shape index (κ1) is 17.4. The average molecular weight is 343 g/mol. The molecule has 0 spiro atoms. The maximum atomic E-state index is 13.4. The van der Waals surface area contributed by atoms with E-state index in [4.69, 9.17) is 0 Å². The number of rotatable bonds is 5. The Balaban J connectivity index is 2.22. The van der Waals surface area contributed by atoms with E-state index in [9.17, 15) is 19.1 Å². The third-order valence-corrected chi connectivity index (χ3v) is 5.32. The zero-order chi connectivity index (χ0) is 18.4. The maximum absolute atomic E-state index is 13.4. The number of carboxylic acid groups (broad SMARTS) is 1. The van der Waals surface area contributed by atoms with Crippen LogP contribution in [0.1, 0.15) is 42.4 Å². The van der Waals surface area contributed by atoms with Gasteiger partial charge in [-0.15, -0.1) is 0 Å². The molecule has 2 aromatic rings. The normalized spacial score (nSPS) is 22.2. The van der Waals surface area contributed by atoms with Gasteiger partial charge in [0.2, 0.25) is 0 Å². The Labute approximate surface area is 146 Å². The van der Waals surface area contributed by atoms with E-state index in [0.29, 0.717) is 12.2 Å².